The van der Waals surface area contributed by atoms with Crippen LogP contribution in [0, 0.1) is 5.82 Å². The quantitative estimate of drug-likeness (QED) is 0.380. The van der Waals surface area contributed by atoms with Crippen LogP contribution >= 0.6 is 23.4 Å². The number of rotatable bonds is 7. The number of amides is 1. The second-order valence-corrected chi connectivity index (χ2v) is 9.05. The van der Waals surface area contributed by atoms with Crippen LogP contribution in [0.4, 0.5) is 4.39 Å². The van der Waals surface area contributed by atoms with Crippen LogP contribution in [0.1, 0.15) is 18.4 Å². The maximum atomic E-state index is 14.1. The second-order valence-electron chi connectivity index (χ2n) is 7.70. The first-order chi connectivity index (χ1) is 15.4. The maximum Gasteiger partial charge on any atom is 0.262 e. The molecule has 32 heavy (non-hydrogen) atoms. The minimum atomic E-state index is -0.452. The molecule has 1 atom stereocenters. The molecule has 0 N–H and O–H groups in total. The fourth-order valence-electron chi connectivity index (χ4n) is 3.66. The van der Waals surface area contributed by atoms with Crippen LogP contribution in [0.2, 0.25) is 5.02 Å². The van der Waals surface area contributed by atoms with Crippen LogP contribution in [0.3, 0.4) is 0 Å². The fourth-order valence-corrected chi connectivity index (χ4v) is 4.83. The van der Waals surface area contributed by atoms with Crippen LogP contribution in [-0.2, 0) is 22.6 Å². The third-order valence-corrected chi connectivity index (χ3v) is 6.76. The first-order valence-electron chi connectivity index (χ1n) is 10.3. The summed E-state index contributed by atoms with van der Waals surface area (Å²) in [5.41, 5.74) is 0.712. The number of thioether (sulfide) groups is 1. The Kier molecular flexibility index (Phi) is 7.13. The number of carbonyl (C=O) groups is 1. The second kappa shape index (κ2) is 10.0. The zero-order valence-corrected chi connectivity index (χ0v) is 19.2. The number of carbonyl (C=O) groups excluding carboxylic acids is 1. The third kappa shape index (κ3) is 4.98. The van der Waals surface area contributed by atoms with E-state index in [9.17, 15) is 14.0 Å². The molecular formula is C23H23ClFN3O3S. The molecule has 1 aliphatic rings. The number of benzene rings is 2. The molecule has 2 aromatic carbocycles. The van der Waals surface area contributed by atoms with Crippen molar-refractivity contribution in [1.29, 1.82) is 0 Å². The largest absolute Gasteiger partial charge is 0.376 e. The number of aromatic nitrogens is 2. The van der Waals surface area contributed by atoms with E-state index in [0.717, 1.165) is 12.8 Å². The molecule has 0 spiro atoms. The lowest BCUT2D eigenvalue weighted by Gasteiger charge is -2.19. The van der Waals surface area contributed by atoms with E-state index in [1.807, 2.05) is 6.07 Å². The lowest BCUT2D eigenvalue weighted by Crippen LogP contribution is -2.31. The van der Waals surface area contributed by atoms with Gasteiger partial charge < -0.3 is 9.64 Å². The fraction of sp³-hybridized carbons (Fsp3) is 0.348. The number of hydrogen-bond acceptors (Lipinski definition) is 5. The van der Waals surface area contributed by atoms with E-state index in [4.69, 9.17) is 16.3 Å². The van der Waals surface area contributed by atoms with E-state index >= 15 is 0 Å². The smallest absolute Gasteiger partial charge is 0.262 e. The van der Waals surface area contributed by atoms with Crippen molar-refractivity contribution < 1.29 is 13.9 Å². The molecule has 1 unspecified atom stereocenters. The van der Waals surface area contributed by atoms with E-state index in [0.29, 0.717) is 29.2 Å². The van der Waals surface area contributed by atoms with Gasteiger partial charge >= 0.3 is 0 Å². The Balaban J connectivity index is 1.53. The Morgan fingerprint density at radius 2 is 2.12 bits per heavy atom. The zero-order chi connectivity index (χ0) is 22.7. The Bertz CT molecular complexity index is 1180. The average molecular weight is 476 g/mol. The van der Waals surface area contributed by atoms with Crippen molar-refractivity contribution in [3.8, 4) is 0 Å². The van der Waals surface area contributed by atoms with Crippen molar-refractivity contribution in [3.63, 3.8) is 0 Å². The lowest BCUT2D eigenvalue weighted by atomic mass is 10.2. The maximum absolute atomic E-state index is 14.1. The summed E-state index contributed by atoms with van der Waals surface area (Å²) in [4.78, 5) is 31.9. The first-order valence-corrected chi connectivity index (χ1v) is 11.7. The van der Waals surface area contributed by atoms with Gasteiger partial charge in [0.25, 0.3) is 5.56 Å². The Labute approximate surface area is 194 Å². The molecule has 0 radical (unpaired) electrons. The Morgan fingerprint density at radius 1 is 1.31 bits per heavy atom. The number of nitrogens with zero attached hydrogens (tertiary/aromatic N) is 3. The SMILES string of the molecule is CN(Cc1c(F)cccc1Cl)C(=O)CSc1nc2ccccc2c(=O)n1CC1CCCO1. The van der Waals surface area contributed by atoms with Gasteiger partial charge in [-0.1, -0.05) is 41.6 Å². The molecule has 2 heterocycles. The van der Waals surface area contributed by atoms with Crippen molar-refractivity contribution in [2.24, 2.45) is 0 Å². The first kappa shape index (κ1) is 22.8. The van der Waals surface area contributed by atoms with Gasteiger partial charge in [0.2, 0.25) is 5.91 Å². The molecule has 1 amide bonds. The highest BCUT2D eigenvalue weighted by Crippen LogP contribution is 2.23. The molecule has 0 saturated carbocycles. The molecule has 168 valence electrons. The number of halogens is 2. The summed E-state index contributed by atoms with van der Waals surface area (Å²) in [6, 6.07) is 11.6. The Hall–Kier alpha value is -2.42. The van der Waals surface area contributed by atoms with E-state index in [-0.39, 0.29) is 40.5 Å². The molecule has 1 fully saturated rings. The minimum Gasteiger partial charge on any atom is -0.376 e. The van der Waals surface area contributed by atoms with E-state index < -0.39 is 5.82 Å². The van der Waals surface area contributed by atoms with Crippen molar-refractivity contribution in [2.75, 3.05) is 19.4 Å². The number of para-hydroxylation sites is 1. The van der Waals surface area contributed by atoms with Crippen LogP contribution in [0.5, 0.6) is 0 Å². The predicted molar refractivity (Wildman–Crippen MR) is 124 cm³/mol. The molecule has 1 aromatic heterocycles. The summed E-state index contributed by atoms with van der Waals surface area (Å²) in [5, 5.41) is 1.28. The summed E-state index contributed by atoms with van der Waals surface area (Å²) < 4.78 is 21.4. The number of fused-ring (bicyclic) bond motifs is 1. The van der Waals surface area contributed by atoms with Gasteiger partial charge in [0.1, 0.15) is 5.82 Å². The van der Waals surface area contributed by atoms with Gasteiger partial charge in [0.15, 0.2) is 5.16 Å². The van der Waals surface area contributed by atoms with Gasteiger partial charge in [-0.15, -0.1) is 0 Å². The van der Waals surface area contributed by atoms with E-state index in [1.165, 1.54) is 28.8 Å². The van der Waals surface area contributed by atoms with Crippen molar-refractivity contribution in [3.05, 3.63) is 69.2 Å². The van der Waals surface area contributed by atoms with E-state index in [1.54, 1.807) is 35.9 Å². The molecule has 6 nitrogen and oxygen atoms in total. The van der Waals surface area contributed by atoms with Crippen LogP contribution in [-0.4, -0.2) is 45.9 Å². The third-order valence-electron chi connectivity index (χ3n) is 5.44. The van der Waals surface area contributed by atoms with Gasteiger partial charge in [-0.2, -0.15) is 0 Å². The molecule has 4 rings (SSSR count). The van der Waals surface area contributed by atoms with Crippen molar-refractivity contribution in [1.82, 2.24) is 14.5 Å². The number of ether oxygens (including phenoxy) is 1. The van der Waals surface area contributed by atoms with Crippen LogP contribution in [0.25, 0.3) is 10.9 Å². The molecule has 0 aliphatic carbocycles. The Morgan fingerprint density at radius 3 is 2.88 bits per heavy atom. The highest BCUT2D eigenvalue weighted by Gasteiger charge is 2.21. The predicted octanol–water partition coefficient (Wildman–Crippen LogP) is 4.12. The molecule has 1 saturated heterocycles. The standard InChI is InChI=1S/C23H23ClFN3O3S/c1-27(13-17-18(24)8-4-9-19(17)25)21(29)14-32-23-26-20-10-3-2-7-16(20)22(30)28(23)12-15-6-5-11-31-15/h2-4,7-10,15H,5-6,11-14H2,1H3. The average Bonchev–Trinajstić information content (AvgIpc) is 3.30. The highest BCUT2D eigenvalue weighted by molar-refractivity contribution is 7.99. The zero-order valence-electron chi connectivity index (χ0n) is 17.6. The summed E-state index contributed by atoms with van der Waals surface area (Å²) in [6.07, 6.45) is 1.80. The van der Waals surface area contributed by atoms with Gasteiger partial charge in [-0.05, 0) is 37.1 Å². The van der Waals surface area contributed by atoms with Gasteiger partial charge in [0, 0.05) is 30.8 Å². The van der Waals surface area contributed by atoms with E-state index in [2.05, 4.69) is 4.98 Å². The van der Waals surface area contributed by atoms with Crippen LogP contribution < -0.4 is 5.56 Å². The summed E-state index contributed by atoms with van der Waals surface area (Å²) >= 11 is 7.28. The highest BCUT2D eigenvalue weighted by atomic mass is 35.5. The molecule has 3 aromatic rings. The van der Waals surface area contributed by atoms with Crippen molar-refractivity contribution in [2.45, 2.75) is 37.2 Å². The monoisotopic (exact) mass is 475 g/mol. The number of hydrogen-bond donors (Lipinski definition) is 0. The normalized spacial score (nSPS) is 15.9. The lowest BCUT2D eigenvalue weighted by molar-refractivity contribution is -0.127. The summed E-state index contributed by atoms with van der Waals surface area (Å²) in [6.45, 7) is 1.14. The van der Waals surface area contributed by atoms with Crippen molar-refractivity contribution >= 4 is 40.2 Å². The summed E-state index contributed by atoms with van der Waals surface area (Å²) in [5.74, 6) is -0.620. The molecule has 1 aliphatic heterocycles. The van der Waals surface area contributed by atoms with Crippen LogP contribution in [0.15, 0.2) is 52.4 Å². The minimum absolute atomic E-state index is 0.0448. The van der Waals surface area contributed by atoms with Gasteiger partial charge in [0.05, 0.1) is 29.3 Å². The molecular weight excluding hydrogens is 453 g/mol. The van der Waals surface area contributed by atoms with Gasteiger partial charge in [-0.3, -0.25) is 14.2 Å². The van der Waals surface area contributed by atoms with Gasteiger partial charge in [-0.25, -0.2) is 9.37 Å². The molecule has 0 bridgehead atoms. The topological polar surface area (TPSA) is 64.4 Å². The molecule has 9 heteroatoms. The summed E-state index contributed by atoms with van der Waals surface area (Å²) in [7, 11) is 1.60.